The summed E-state index contributed by atoms with van der Waals surface area (Å²) in [6.07, 6.45) is 4.03. The topological polar surface area (TPSA) is 42.9 Å². The summed E-state index contributed by atoms with van der Waals surface area (Å²) >= 11 is 1.19. The maximum atomic E-state index is 12.1. The van der Waals surface area contributed by atoms with Crippen molar-refractivity contribution >= 4 is 17.3 Å². The summed E-state index contributed by atoms with van der Waals surface area (Å²) in [6.45, 7) is 1.83. The van der Waals surface area contributed by atoms with Crippen LogP contribution in [0.1, 0.15) is 38.5 Å². The highest BCUT2D eigenvalue weighted by Gasteiger charge is 2.16. The van der Waals surface area contributed by atoms with E-state index in [0.717, 1.165) is 17.7 Å². The second kappa shape index (κ2) is 4.61. The highest BCUT2D eigenvalue weighted by Crippen LogP contribution is 2.23. The van der Waals surface area contributed by atoms with Gasteiger partial charge in [0.15, 0.2) is 5.78 Å². The van der Waals surface area contributed by atoms with E-state index in [0.29, 0.717) is 11.3 Å². The van der Waals surface area contributed by atoms with Crippen LogP contribution in [-0.2, 0) is 19.3 Å². The molecule has 0 aliphatic heterocycles. The van der Waals surface area contributed by atoms with Crippen LogP contribution in [0.15, 0.2) is 18.2 Å². The number of Topliss-reactive ketones (excluding diaryl/α,β-unsaturated/α-hetero) is 1. The first-order valence-corrected chi connectivity index (χ1v) is 6.94. The molecular weight excluding hydrogens is 244 g/mol. The number of fused-ring (bicyclic) bond motifs is 1. The highest BCUT2D eigenvalue weighted by atomic mass is 32.1. The van der Waals surface area contributed by atoms with E-state index in [1.165, 1.54) is 35.5 Å². The molecule has 0 bridgehead atoms. The molecule has 18 heavy (non-hydrogen) atoms. The highest BCUT2D eigenvalue weighted by molar-refractivity contribution is 7.08. The molecule has 0 saturated carbocycles. The molecule has 1 heterocycles. The van der Waals surface area contributed by atoms with Gasteiger partial charge in [-0.15, -0.1) is 5.10 Å². The number of rotatable bonds is 3. The SMILES string of the molecule is Cc1nnsc1C(=O)Cc1ccc2c(c1)CCC2. The zero-order valence-corrected chi connectivity index (χ0v) is 11.1. The Morgan fingerprint density at radius 2 is 2.17 bits per heavy atom. The maximum absolute atomic E-state index is 12.1. The molecule has 2 aromatic rings. The summed E-state index contributed by atoms with van der Waals surface area (Å²) in [6, 6.07) is 6.43. The summed E-state index contributed by atoms with van der Waals surface area (Å²) in [5.74, 6) is 0.125. The fourth-order valence-corrected chi connectivity index (χ4v) is 3.08. The van der Waals surface area contributed by atoms with Crippen LogP contribution in [0.25, 0.3) is 0 Å². The van der Waals surface area contributed by atoms with E-state index in [9.17, 15) is 4.79 Å². The Morgan fingerprint density at radius 3 is 2.94 bits per heavy atom. The number of ketones is 1. The van der Waals surface area contributed by atoms with Gasteiger partial charge in [-0.3, -0.25) is 4.79 Å². The van der Waals surface area contributed by atoms with E-state index in [1.807, 2.05) is 6.92 Å². The molecule has 0 fully saturated rings. The van der Waals surface area contributed by atoms with Crippen LogP contribution >= 0.6 is 11.5 Å². The molecule has 0 atom stereocenters. The Labute approximate surface area is 110 Å². The van der Waals surface area contributed by atoms with Crippen LogP contribution < -0.4 is 0 Å². The van der Waals surface area contributed by atoms with E-state index in [-0.39, 0.29) is 5.78 Å². The van der Waals surface area contributed by atoms with Gasteiger partial charge in [0.2, 0.25) is 0 Å². The monoisotopic (exact) mass is 258 g/mol. The van der Waals surface area contributed by atoms with Gasteiger partial charge in [0.1, 0.15) is 4.88 Å². The first kappa shape index (κ1) is 11.5. The Morgan fingerprint density at radius 1 is 1.33 bits per heavy atom. The molecular formula is C14H14N2OS. The van der Waals surface area contributed by atoms with Gasteiger partial charge in [-0.25, -0.2) is 0 Å². The van der Waals surface area contributed by atoms with Crippen molar-refractivity contribution in [3.05, 3.63) is 45.5 Å². The third-order valence-corrected chi connectivity index (χ3v) is 4.30. The number of hydrogen-bond donors (Lipinski definition) is 0. The van der Waals surface area contributed by atoms with Gasteiger partial charge in [0, 0.05) is 6.42 Å². The van der Waals surface area contributed by atoms with Crippen molar-refractivity contribution in [2.24, 2.45) is 0 Å². The van der Waals surface area contributed by atoms with Gasteiger partial charge in [0.25, 0.3) is 0 Å². The van der Waals surface area contributed by atoms with Gasteiger partial charge in [-0.05, 0) is 54.4 Å². The number of aromatic nitrogens is 2. The summed E-state index contributed by atoms with van der Waals surface area (Å²) in [7, 11) is 0. The van der Waals surface area contributed by atoms with E-state index < -0.39 is 0 Å². The molecule has 0 unspecified atom stereocenters. The second-order valence-electron chi connectivity index (χ2n) is 4.74. The van der Waals surface area contributed by atoms with Crippen LogP contribution in [-0.4, -0.2) is 15.4 Å². The number of nitrogens with zero attached hydrogens (tertiary/aromatic N) is 2. The van der Waals surface area contributed by atoms with Crippen molar-refractivity contribution in [2.75, 3.05) is 0 Å². The number of aryl methyl sites for hydroxylation is 3. The molecule has 0 radical (unpaired) electrons. The van der Waals surface area contributed by atoms with Gasteiger partial charge in [-0.2, -0.15) is 0 Å². The fraction of sp³-hybridized carbons (Fsp3) is 0.357. The lowest BCUT2D eigenvalue weighted by atomic mass is 10.0. The van der Waals surface area contributed by atoms with Gasteiger partial charge >= 0.3 is 0 Å². The predicted octanol–water partition coefficient (Wildman–Crippen LogP) is 2.76. The summed E-state index contributed by atoms with van der Waals surface area (Å²) in [4.78, 5) is 12.8. The molecule has 1 aliphatic carbocycles. The van der Waals surface area contributed by atoms with Crippen molar-refractivity contribution in [1.29, 1.82) is 0 Å². The van der Waals surface area contributed by atoms with Crippen molar-refractivity contribution in [3.8, 4) is 0 Å². The molecule has 1 aliphatic rings. The predicted molar refractivity (Wildman–Crippen MR) is 71.1 cm³/mol. The van der Waals surface area contributed by atoms with Gasteiger partial charge in [0.05, 0.1) is 5.69 Å². The van der Waals surface area contributed by atoms with Crippen molar-refractivity contribution in [3.63, 3.8) is 0 Å². The first-order valence-electron chi connectivity index (χ1n) is 6.17. The van der Waals surface area contributed by atoms with Gasteiger partial charge < -0.3 is 0 Å². The number of carbonyl (C=O) groups excluding carboxylic acids is 1. The van der Waals surface area contributed by atoms with Crippen LogP contribution in [0.4, 0.5) is 0 Å². The summed E-state index contributed by atoms with van der Waals surface area (Å²) < 4.78 is 3.81. The summed E-state index contributed by atoms with van der Waals surface area (Å²) in [5, 5.41) is 3.88. The Balaban J connectivity index is 1.81. The Kier molecular flexibility index (Phi) is 2.96. The molecule has 0 N–H and O–H groups in total. The number of benzene rings is 1. The third-order valence-electron chi connectivity index (χ3n) is 3.43. The molecule has 0 amide bonds. The molecule has 92 valence electrons. The normalized spacial score (nSPS) is 13.6. The molecule has 1 aromatic carbocycles. The molecule has 0 spiro atoms. The van der Waals surface area contributed by atoms with Crippen LogP contribution in [0.3, 0.4) is 0 Å². The average molecular weight is 258 g/mol. The van der Waals surface area contributed by atoms with Crippen LogP contribution in [0.2, 0.25) is 0 Å². The Bertz CT molecular complexity index is 604. The minimum Gasteiger partial charge on any atom is -0.293 e. The molecule has 1 aromatic heterocycles. The Hall–Kier alpha value is -1.55. The zero-order chi connectivity index (χ0) is 12.5. The largest absolute Gasteiger partial charge is 0.293 e. The van der Waals surface area contributed by atoms with E-state index in [1.54, 1.807) is 0 Å². The molecule has 3 nitrogen and oxygen atoms in total. The average Bonchev–Trinajstić information content (AvgIpc) is 2.96. The fourth-order valence-electron chi connectivity index (χ4n) is 2.49. The standard InChI is InChI=1S/C14H14N2OS/c1-9-14(18-16-15-9)13(17)8-10-5-6-11-3-2-4-12(11)7-10/h5-7H,2-4,8H2,1H3. The van der Waals surface area contributed by atoms with E-state index in [2.05, 4.69) is 27.8 Å². The lowest BCUT2D eigenvalue weighted by molar-refractivity contribution is 0.0996. The minimum absolute atomic E-state index is 0.125. The van der Waals surface area contributed by atoms with E-state index >= 15 is 0 Å². The molecule has 3 rings (SSSR count). The quantitative estimate of drug-likeness (QED) is 0.795. The lowest BCUT2D eigenvalue weighted by Crippen LogP contribution is -2.03. The van der Waals surface area contributed by atoms with Crippen molar-refractivity contribution in [1.82, 2.24) is 9.59 Å². The molecule has 0 saturated heterocycles. The lowest BCUT2D eigenvalue weighted by Gasteiger charge is -2.03. The number of hydrogen-bond acceptors (Lipinski definition) is 4. The minimum atomic E-state index is 0.125. The van der Waals surface area contributed by atoms with Gasteiger partial charge in [-0.1, -0.05) is 22.7 Å². The summed E-state index contributed by atoms with van der Waals surface area (Å²) in [5.41, 5.74) is 4.71. The van der Waals surface area contributed by atoms with Crippen LogP contribution in [0, 0.1) is 6.92 Å². The van der Waals surface area contributed by atoms with Crippen LogP contribution in [0.5, 0.6) is 0 Å². The smallest absolute Gasteiger partial charge is 0.180 e. The maximum Gasteiger partial charge on any atom is 0.180 e. The zero-order valence-electron chi connectivity index (χ0n) is 10.3. The first-order chi connectivity index (χ1) is 8.74. The van der Waals surface area contributed by atoms with E-state index in [4.69, 9.17) is 0 Å². The van der Waals surface area contributed by atoms with Crippen molar-refractivity contribution < 1.29 is 4.79 Å². The second-order valence-corrected chi connectivity index (χ2v) is 5.50. The number of carbonyl (C=O) groups is 1. The molecule has 4 heteroatoms. The van der Waals surface area contributed by atoms with Crippen molar-refractivity contribution in [2.45, 2.75) is 32.6 Å². The third kappa shape index (κ3) is 2.08.